The lowest BCUT2D eigenvalue weighted by molar-refractivity contribution is 0.476. The van der Waals surface area contributed by atoms with Crippen LogP contribution in [0, 0.1) is 0 Å². The predicted molar refractivity (Wildman–Crippen MR) is 30.9 cm³/mol. The second-order valence-electron chi connectivity index (χ2n) is 1.35. The Kier molecular flexibility index (Phi) is 3.76. The van der Waals surface area contributed by atoms with E-state index in [-0.39, 0.29) is 5.38 Å². The molecule has 0 aliphatic heterocycles. The molecule has 0 saturated heterocycles. The molecule has 0 radical (unpaired) electrons. The molecule has 0 saturated carbocycles. The fourth-order valence-electron chi connectivity index (χ4n) is 0.123. The molecule has 2 unspecified atom stereocenters. The maximum Gasteiger partial charge on any atom is 0.107 e. The summed E-state index contributed by atoms with van der Waals surface area (Å²) in [5.74, 6) is 0. The third-order valence-corrected chi connectivity index (χ3v) is 1.57. The molecule has 0 aromatic heterocycles. The molecule has 0 spiro atoms. The van der Waals surface area contributed by atoms with Crippen LogP contribution in [0.25, 0.3) is 0 Å². The van der Waals surface area contributed by atoms with E-state index in [2.05, 4.69) is 0 Å². The molecule has 0 fully saturated rings. The summed E-state index contributed by atoms with van der Waals surface area (Å²) in [6, 6.07) is 0. The molecule has 44 valence electrons. The molecule has 0 rings (SSSR count). The first-order chi connectivity index (χ1) is 3.18. The van der Waals surface area contributed by atoms with Gasteiger partial charge in [-0.05, 0) is 6.92 Å². The van der Waals surface area contributed by atoms with E-state index in [9.17, 15) is 4.39 Å². The SMILES string of the molecule is CC(Cl)C(Cl)CF. The minimum absolute atomic E-state index is 0.272. The van der Waals surface area contributed by atoms with Gasteiger partial charge in [-0.3, -0.25) is 0 Å². The van der Waals surface area contributed by atoms with E-state index in [1.807, 2.05) is 0 Å². The van der Waals surface area contributed by atoms with Crippen LogP contribution in [0.1, 0.15) is 6.92 Å². The van der Waals surface area contributed by atoms with Gasteiger partial charge in [-0.2, -0.15) is 0 Å². The lowest BCUT2D eigenvalue weighted by Gasteiger charge is -2.03. The Bertz CT molecular complexity index is 47.0. The molecule has 2 atom stereocenters. The average Bonchev–Trinajstić information content (AvgIpc) is 1.65. The van der Waals surface area contributed by atoms with E-state index in [1.54, 1.807) is 6.92 Å². The number of halogens is 3. The van der Waals surface area contributed by atoms with Gasteiger partial charge in [-0.25, -0.2) is 4.39 Å². The van der Waals surface area contributed by atoms with Crippen LogP contribution in [0.4, 0.5) is 4.39 Å². The number of hydrogen-bond acceptors (Lipinski definition) is 0. The van der Waals surface area contributed by atoms with E-state index in [4.69, 9.17) is 23.2 Å². The summed E-state index contributed by atoms with van der Waals surface area (Å²) in [4.78, 5) is 0. The first kappa shape index (κ1) is 7.51. The van der Waals surface area contributed by atoms with Crippen LogP contribution in [-0.2, 0) is 0 Å². The standard InChI is InChI=1S/C4H7Cl2F/c1-3(5)4(6)2-7/h3-4H,2H2,1H3. The Hall–Kier alpha value is 0.510. The van der Waals surface area contributed by atoms with E-state index in [1.165, 1.54) is 0 Å². The van der Waals surface area contributed by atoms with Gasteiger partial charge in [0, 0.05) is 5.38 Å². The van der Waals surface area contributed by atoms with Crippen molar-refractivity contribution in [2.75, 3.05) is 6.67 Å². The van der Waals surface area contributed by atoms with Crippen molar-refractivity contribution < 1.29 is 4.39 Å². The zero-order valence-corrected chi connectivity index (χ0v) is 5.51. The van der Waals surface area contributed by atoms with E-state index in [0.29, 0.717) is 0 Å². The smallest absolute Gasteiger partial charge is 0.107 e. The molecule has 0 bridgehead atoms. The third kappa shape index (κ3) is 3.12. The van der Waals surface area contributed by atoms with E-state index < -0.39 is 12.1 Å². The van der Waals surface area contributed by atoms with Crippen LogP contribution >= 0.6 is 23.2 Å². The predicted octanol–water partition coefficient (Wildman–Crippen LogP) is 2.19. The second-order valence-corrected chi connectivity index (χ2v) is 2.60. The van der Waals surface area contributed by atoms with Gasteiger partial charge in [0.25, 0.3) is 0 Å². The molecule has 3 heteroatoms. The third-order valence-electron chi connectivity index (χ3n) is 0.646. The fraction of sp³-hybridized carbons (Fsp3) is 1.00. The Balaban J connectivity index is 3.14. The highest BCUT2D eigenvalue weighted by atomic mass is 35.5. The molecular weight excluding hydrogens is 138 g/mol. The van der Waals surface area contributed by atoms with E-state index >= 15 is 0 Å². The summed E-state index contributed by atoms with van der Waals surface area (Å²) in [7, 11) is 0. The molecule has 7 heavy (non-hydrogen) atoms. The first-order valence-corrected chi connectivity index (χ1v) is 2.90. The van der Waals surface area contributed by atoms with Gasteiger partial charge in [0.05, 0.1) is 5.38 Å². The summed E-state index contributed by atoms with van der Waals surface area (Å²) in [6.07, 6.45) is 0. The van der Waals surface area contributed by atoms with Crippen molar-refractivity contribution in [1.29, 1.82) is 0 Å². The van der Waals surface area contributed by atoms with Crippen molar-refractivity contribution in [2.24, 2.45) is 0 Å². The van der Waals surface area contributed by atoms with Crippen LogP contribution in [0.5, 0.6) is 0 Å². The van der Waals surface area contributed by atoms with Crippen LogP contribution in [-0.4, -0.2) is 17.4 Å². The molecule has 0 N–H and O–H groups in total. The lowest BCUT2D eigenvalue weighted by atomic mass is 10.3. The summed E-state index contributed by atoms with van der Waals surface area (Å²) >= 11 is 10.6. The zero-order chi connectivity index (χ0) is 5.86. The Morgan fingerprint density at radius 2 is 2.00 bits per heavy atom. The monoisotopic (exact) mass is 144 g/mol. The molecule has 0 nitrogen and oxygen atoms in total. The number of alkyl halides is 3. The van der Waals surface area contributed by atoms with Gasteiger partial charge < -0.3 is 0 Å². The van der Waals surface area contributed by atoms with Crippen molar-refractivity contribution in [3.05, 3.63) is 0 Å². The maximum absolute atomic E-state index is 11.4. The summed E-state index contributed by atoms with van der Waals surface area (Å²) in [5.41, 5.74) is 0. The van der Waals surface area contributed by atoms with E-state index in [0.717, 1.165) is 0 Å². The molecule has 0 aliphatic rings. The van der Waals surface area contributed by atoms with Crippen molar-refractivity contribution in [2.45, 2.75) is 17.7 Å². The quantitative estimate of drug-likeness (QED) is 0.522. The van der Waals surface area contributed by atoms with Gasteiger partial charge in [0.15, 0.2) is 0 Å². The van der Waals surface area contributed by atoms with Gasteiger partial charge in [0.2, 0.25) is 0 Å². The van der Waals surface area contributed by atoms with Crippen molar-refractivity contribution in [3.8, 4) is 0 Å². The number of rotatable bonds is 2. The molecule has 0 amide bonds. The molecule has 0 aromatic rings. The zero-order valence-electron chi connectivity index (χ0n) is 4.00. The maximum atomic E-state index is 11.4. The topological polar surface area (TPSA) is 0 Å². The fourth-order valence-corrected chi connectivity index (χ4v) is 0.190. The second kappa shape index (κ2) is 3.50. The minimum Gasteiger partial charge on any atom is -0.249 e. The van der Waals surface area contributed by atoms with Crippen molar-refractivity contribution in [3.63, 3.8) is 0 Å². The molecule has 0 aromatic carbocycles. The largest absolute Gasteiger partial charge is 0.249 e. The van der Waals surface area contributed by atoms with Crippen LogP contribution < -0.4 is 0 Å². The summed E-state index contributed by atoms with van der Waals surface area (Å²) in [6.45, 7) is 1.12. The summed E-state index contributed by atoms with van der Waals surface area (Å²) in [5, 5.41) is -0.798. The molecule has 0 heterocycles. The van der Waals surface area contributed by atoms with Crippen LogP contribution in [0.2, 0.25) is 0 Å². The first-order valence-electron chi connectivity index (χ1n) is 2.02. The highest BCUT2D eigenvalue weighted by molar-refractivity contribution is 6.29. The highest BCUT2D eigenvalue weighted by Gasteiger charge is 2.08. The number of hydrogen-bond donors (Lipinski definition) is 0. The molecular formula is C4H7Cl2F. The van der Waals surface area contributed by atoms with Gasteiger partial charge in [-0.1, -0.05) is 0 Å². The summed E-state index contributed by atoms with van der Waals surface area (Å²) < 4.78 is 11.4. The highest BCUT2D eigenvalue weighted by Crippen LogP contribution is 2.08. The van der Waals surface area contributed by atoms with Crippen LogP contribution in [0.3, 0.4) is 0 Å². The Morgan fingerprint density at radius 3 is 2.00 bits per heavy atom. The van der Waals surface area contributed by atoms with Crippen molar-refractivity contribution >= 4 is 23.2 Å². The van der Waals surface area contributed by atoms with Gasteiger partial charge in [0.1, 0.15) is 6.67 Å². The lowest BCUT2D eigenvalue weighted by Crippen LogP contribution is -2.12. The normalized spacial score (nSPS) is 18.9. The van der Waals surface area contributed by atoms with Gasteiger partial charge in [-0.15, -0.1) is 23.2 Å². The minimum atomic E-state index is -0.549. The molecule has 0 aliphatic carbocycles. The van der Waals surface area contributed by atoms with Crippen molar-refractivity contribution in [1.82, 2.24) is 0 Å². The Labute approximate surface area is 52.6 Å². The Morgan fingerprint density at radius 1 is 1.57 bits per heavy atom. The van der Waals surface area contributed by atoms with Gasteiger partial charge >= 0.3 is 0 Å². The van der Waals surface area contributed by atoms with Crippen LogP contribution in [0.15, 0.2) is 0 Å². The average molecular weight is 145 g/mol.